The van der Waals surface area contributed by atoms with Crippen LogP contribution in [0.1, 0.15) is 24.8 Å². The lowest BCUT2D eigenvalue weighted by Gasteiger charge is -2.30. The summed E-state index contributed by atoms with van der Waals surface area (Å²) >= 11 is 0. The van der Waals surface area contributed by atoms with Gasteiger partial charge < -0.3 is 9.64 Å². The van der Waals surface area contributed by atoms with Crippen LogP contribution in [-0.2, 0) is 13.2 Å². The SMILES string of the molecule is O=c1nc(OCc2cccc(F)c2)cc2n1C[C@H]1CCCCN21. The highest BCUT2D eigenvalue weighted by molar-refractivity contribution is 5.47. The lowest BCUT2D eigenvalue weighted by molar-refractivity contribution is 0.291. The fourth-order valence-electron chi connectivity index (χ4n) is 3.44. The predicted octanol–water partition coefficient (Wildman–Crippen LogP) is 2.33. The Labute approximate surface area is 133 Å². The molecule has 3 heterocycles. The molecule has 0 bridgehead atoms. The zero-order valence-corrected chi connectivity index (χ0v) is 12.7. The van der Waals surface area contributed by atoms with E-state index in [0.717, 1.165) is 25.2 Å². The van der Waals surface area contributed by atoms with E-state index >= 15 is 0 Å². The summed E-state index contributed by atoms with van der Waals surface area (Å²) in [4.78, 5) is 18.5. The first kappa shape index (κ1) is 14.2. The summed E-state index contributed by atoms with van der Waals surface area (Å²) in [6.07, 6.45) is 3.47. The second kappa shape index (κ2) is 5.68. The Morgan fingerprint density at radius 1 is 1.30 bits per heavy atom. The maximum Gasteiger partial charge on any atom is 0.352 e. The Morgan fingerprint density at radius 3 is 3.09 bits per heavy atom. The second-order valence-electron chi connectivity index (χ2n) is 6.11. The fourth-order valence-corrected chi connectivity index (χ4v) is 3.44. The Kier molecular flexibility index (Phi) is 3.52. The zero-order chi connectivity index (χ0) is 15.8. The molecule has 23 heavy (non-hydrogen) atoms. The highest BCUT2D eigenvalue weighted by Gasteiger charge is 2.32. The summed E-state index contributed by atoms with van der Waals surface area (Å²) < 4.78 is 20.5. The van der Waals surface area contributed by atoms with Crippen LogP contribution in [0.15, 0.2) is 35.1 Å². The molecule has 0 aliphatic carbocycles. The van der Waals surface area contributed by atoms with Crippen molar-refractivity contribution < 1.29 is 9.13 Å². The molecule has 1 aromatic heterocycles. The molecule has 0 unspecified atom stereocenters. The second-order valence-corrected chi connectivity index (χ2v) is 6.11. The largest absolute Gasteiger partial charge is 0.473 e. The van der Waals surface area contributed by atoms with Crippen LogP contribution < -0.4 is 15.3 Å². The van der Waals surface area contributed by atoms with Gasteiger partial charge in [0.1, 0.15) is 18.2 Å². The Morgan fingerprint density at radius 2 is 2.22 bits per heavy atom. The van der Waals surface area contributed by atoms with Crippen LogP contribution >= 0.6 is 0 Å². The minimum Gasteiger partial charge on any atom is -0.473 e. The summed E-state index contributed by atoms with van der Waals surface area (Å²) in [5, 5.41) is 0. The molecule has 6 heteroatoms. The van der Waals surface area contributed by atoms with Gasteiger partial charge in [0, 0.05) is 25.2 Å². The number of halogens is 1. The third-order valence-electron chi connectivity index (χ3n) is 4.56. The fraction of sp³-hybridized carbons (Fsp3) is 0.412. The summed E-state index contributed by atoms with van der Waals surface area (Å²) in [6, 6.07) is 8.45. The van der Waals surface area contributed by atoms with Gasteiger partial charge in [-0.1, -0.05) is 12.1 Å². The smallest absolute Gasteiger partial charge is 0.352 e. The van der Waals surface area contributed by atoms with Crippen molar-refractivity contribution in [2.24, 2.45) is 0 Å². The molecule has 120 valence electrons. The molecule has 0 saturated carbocycles. The van der Waals surface area contributed by atoms with Crippen molar-refractivity contribution in [2.45, 2.75) is 38.5 Å². The number of anilines is 1. The molecule has 1 saturated heterocycles. The van der Waals surface area contributed by atoms with Crippen molar-refractivity contribution in [3.05, 3.63) is 52.2 Å². The van der Waals surface area contributed by atoms with E-state index in [2.05, 4.69) is 9.88 Å². The summed E-state index contributed by atoms with van der Waals surface area (Å²) in [7, 11) is 0. The van der Waals surface area contributed by atoms with Crippen molar-refractivity contribution in [3.63, 3.8) is 0 Å². The summed E-state index contributed by atoms with van der Waals surface area (Å²) in [5.41, 5.74) is 0.439. The first-order valence-electron chi connectivity index (χ1n) is 7.96. The molecule has 1 atom stereocenters. The molecule has 2 aliphatic heterocycles. The van der Waals surface area contributed by atoms with E-state index in [9.17, 15) is 9.18 Å². The van der Waals surface area contributed by atoms with Gasteiger partial charge in [-0.25, -0.2) is 9.18 Å². The normalized spacial score (nSPS) is 19.3. The number of rotatable bonds is 3. The molecule has 0 radical (unpaired) electrons. The maximum absolute atomic E-state index is 13.2. The number of aromatic nitrogens is 2. The Balaban J connectivity index is 1.57. The molecule has 1 aromatic carbocycles. The molecule has 5 nitrogen and oxygen atoms in total. The van der Waals surface area contributed by atoms with E-state index in [1.165, 1.54) is 18.6 Å². The number of hydrogen-bond donors (Lipinski definition) is 0. The number of nitrogens with zero attached hydrogens (tertiary/aromatic N) is 3. The third-order valence-corrected chi connectivity index (χ3v) is 4.56. The maximum atomic E-state index is 13.2. The molecular weight excluding hydrogens is 297 g/mol. The predicted molar refractivity (Wildman–Crippen MR) is 84.2 cm³/mol. The van der Waals surface area contributed by atoms with Crippen LogP contribution in [0.4, 0.5) is 10.2 Å². The van der Waals surface area contributed by atoms with Crippen molar-refractivity contribution in [2.75, 3.05) is 11.4 Å². The van der Waals surface area contributed by atoms with Gasteiger partial charge >= 0.3 is 5.69 Å². The number of ether oxygens (including phenoxy) is 1. The van der Waals surface area contributed by atoms with E-state index in [4.69, 9.17) is 4.74 Å². The third kappa shape index (κ3) is 2.69. The van der Waals surface area contributed by atoms with Gasteiger partial charge in [-0.2, -0.15) is 4.98 Å². The van der Waals surface area contributed by atoms with Crippen molar-refractivity contribution in [1.82, 2.24) is 9.55 Å². The first-order valence-corrected chi connectivity index (χ1v) is 7.96. The van der Waals surface area contributed by atoms with Gasteiger partial charge in [-0.05, 0) is 37.0 Å². The van der Waals surface area contributed by atoms with Gasteiger partial charge in [0.2, 0.25) is 5.88 Å². The zero-order valence-electron chi connectivity index (χ0n) is 12.7. The van der Waals surface area contributed by atoms with Gasteiger partial charge in [-0.15, -0.1) is 0 Å². The topological polar surface area (TPSA) is 47.4 Å². The summed E-state index contributed by atoms with van der Waals surface area (Å²) in [5.74, 6) is 0.893. The van der Waals surface area contributed by atoms with Gasteiger partial charge in [0.15, 0.2) is 0 Å². The first-order chi connectivity index (χ1) is 11.2. The molecule has 0 N–H and O–H groups in total. The van der Waals surface area contributed by atoms with Crippen LogP contribution in [-0.4, -0.2) is 22.1 Å². The molecule has 2 aliphatic rings. The molecule has 4 rings (SSSR count). The Hall–Kier alpha value is -2.37. The standard InChI is InChI=1S/C17H18FN3O2/c18-13-5-3-4-12(8-13)11-23-15-9-16-20-7-2-1-6-14(20)10-21(16)17(22)19-15/h3-5,8-9,14H,1-2,6-7,10-11H2/t14-/m1/s1. The minimum absolute atomic E-state index is 0.192. The van der Waals surface area contributed by atoms with Crippen molar-refractivity contribution in [3.8, 4) is 5.88 Å². The van der Waals surface area contributed by atoms with Crippen LogP contribution in [0.5, 0.6) is 5.88 Å². The molecule has 2 aromatic rings. The van der Waals surface area contributed by atoms with Crippen LogP contribution in [0, 0.1) is 5.82 Å². The van der Waals surface area contributed by atoms with E-state index in [0.29, 0.717) is 24.0 Å². The van der Waals surface area contributed by atoms with E-state index in [-0.39, 0.29) is 18.1 Å². The minimum atomic E-state index is -0.302. The van der Waals surface area contributed by atoms with Gasteiger partial charge in [-0.3, -0.25) is 4.57 Å². The van der Waals surface area contributed by atoms with E-state index in [1.54, 1.807) is 16.7 Å². The molecular formula is C17H18FN3O2. The van der Waals surface area contributed by atoms with E-state index < -0.39 is 0 Å². The molecule has 0 spiro atoms. The average Bonchev–Trinajstić information content (AvgIpc) is 2.93. The highest BCUT2D eigenvalue weighted by Crippen LogP contribution is 2.32. The Bertz CT molecular complexity index is 790. The lowest BCUT2D eigenvalue weighted by atomic mass is 10.0. The number of benzene rings is 1. The van der Waals surface area contributed by atoms with E-state index in [1.807, 2.05) is 6.07 Å². The van der Waals surface area contributed by atoms with Crippen molar-refractivity contribution >= 4 is 5.82 Å². The van der Waals surface area contributed by atoms with Gasteiger partial charge in [0.25, 0.3) is 0 Å². The van der Waals surface area contributed by atoms with Crippen LogP contribution in [0.25, 0.3) is 0 Å². The number of piperidine rings is 1. The van der Waals surface area contributed by atoms with Gasteiger partial charge in [0.05, 0.1) is 0 Å². The van der Waals surface area contributed by atoms with Crippen LogP contribution in [0.3, 0.4) is 0 Å². The number of hydrogen-bond acceptors (Lipinski definition) is 4. The summed E-state index contributed by atoms with van der Waals surface area (Å²) in [6.45, 7) is 1.87. The number of fused-ring (bicyclic) bond motifs is 3. The van der Waals surface area contributed by atoms with Crippen LogP contribution in [0.2, 0.25) is 0 Å². The van der Waals surface area contributed by atoms with Crippen molar-refractivity contribution in [1.29, 1.82) is 0 Å². The highest BCUT2D eigenvalue weighted by atomic mass is 19.1. The average molecular weight is 315 g/mol. The monoisotopic (exact) mass is 315 g/mol. The molecule has 1 fully saturated rings. The molecule has 0 amide bonds. The quantitative estimate of drug-likeness (QED) is 0.872. The lowest BCUT2D eigenvalue weighted by Crippen LogP contribution is -2.36.